The lowest BCUT2D eigenvalue weighted by atomic mass is 10.7. The molecule has 0 bridgehead atoms. The predicted octanol–water partition coefficient (Wildman–Crippen LogP) is 2.28. The molecule has 0 aliphatic heterocycles. The van der Waals surface area contributed by atoms with Gasteiger partial charge < -0.3 is 0 Å². The van der Waals surface area contributed by atoms with Gasteiger partial charge in [0.2, 0.25) is 0 Å². The Kier molecular flexibility index (Phi) is 6.48. The van der Waals surface area contributed by atoms with Gasteiger partial charge >= 0.3 is 22.0 Å². The van der Waals surface area contributed by atoms with Gasteiger partial charge in [-0.05, 0) is 9.13 Å². The standard InChI is InChI=1S/C5H10O4P2/c1-3-4-9-11(7)5-10(6)8-2/h3H,1,4-5H2,2H3/q+2. The Morgan fingerprint density at radius 3 is 2.55 bits per heavy atom. The van der Waals surface area contributed by atoms with Crippen LogP contribution in [0.3, 0.4) is 0 Å². The van der Waals surface area contributed by atoms with Crippen LogP contribution in [0, 0.1) is 0 Å². The average molecular weight is 196 g/mol. The van der Waals surface area contributed by atoms with Gasteiger partial charge in [0, 0.05) is 0 Å². The molecule has 0 amide bonds. The second-order valence-corrected chi connectivity index (χ2v) is 4.66. The van der Waals surface area contributed by atoms with Crippen molar-refractivity contribution in [3.8, 4) is 0 Å². The van der Waals surface area contributed by atoms with Gasteiger partial charge in [0.15, 0.2) is 0 Å². The topological polar surface area (TPSA) is 52.6 Å². The quantitative estimate of drug-likeness (QED) is 0.483. The van der Waals surface area contributed by atoms with E-state index >= 15 is 0 Å². The first kappa shape index (κ1) is 10.9. The molecule has 0 spiro atoms. The Balaban J connectivity index is 3.51. The van der Waals surface area contributed by atoms with Crippen molar-refractivity contribution < 1.29 is 18.2 Å². The molecule has 0 radical (unpaired) electrons. The molecule has 0 saturated carbocycles. The maximum Gasteiger partial charge on any atom is 0.564 e. The lowest BCUT2D eigenvalue weighted by Crippen LogP contribution is -1.81. The highest BCUT2D eigenvalue weighted by molar-refractivity contribution is 7.57. The Labute approximate surface area is 67.3 Å². The lowest BCUT2D eigenvalue weighted by molar-refractivity contribution is 0.371. The molecule has 0 aromatic heterocycles. The van der Waals surface area contributed by atoms with E-state index in [2.05, 4.69) is 11.1 Å². The van der Waals surface area contributed by atoms with Gasteiger partial charge in [0.1, 0.15) is 6.61 Å². The van der Waals surface area contributed by atoms with Crippen LogP contribution in [0.15, 0.2) is 12.7 Å². The van der Waals surface area contributed by atoms with Crippen molar-refractivity contribution >= 4 is 16.1 Å². The molecule has 0 heterocycles. The predicted molar refractivity (Wildman–Crippen MR) is 43.2 cm³/mol. The summed E-state index contributed by atoms with van der Waals surface area (Å²) in [5, 5.41) is 0. The fraction of sp³-hybridized carbons (Fsp3) is 0.600. The highest BCUT2D eigenvalue weighted by Crippen LogP contribution is 2.36. The van der Waals surface area contributed by atoms with Gasteiger partial charge in [-0.2, -0.15) is 0 Å². The van der Waals surface area contributed by atoms with E-state index in [0.29, 0.717) is 0 Å². The molecule has 0 aliphatic carbocycles. The molecule has 0 rings (SSSR count). The number of hydrogen-bond donors (Lipinski definition) is 0. The lowest BCUT2D eigenvalue weighted by Gasteiger charge is -1.77. The van der Waals surface area contributed by atoms with E-state index in [0.717, 1.165) is 0 Å². The minimum Gasteiger partial charge on any atom is -0.146 e. The molecule has 0 aromatic carbocycles. The van der Waals surface area contributed by atoms with Crippen molar-refractivity contribution in [2.45, 2.75) is 0 Å². The van der Waals surface area contributed by atoms with E-state index in [-0.39, 0.29) is 12.5 Å². The molecule has 0 aliphatic rings. The van der Waals surface area contributed by atoms with Gasteiger partial charge in [-0.25, -0.2) is 0 Å². The largest absolute Gasteiger partial charge is 0.564 e. The van der Waals surface area contributed by atoms with Crippen LogP contribution in [0.5, 0.6) is 0 Å². The van der Waals surface area contributed by atoms with E-state index < -0.39 is 16.1 Å². The molecule has 0 N–H and O–H groups in total. The zero-order valence-electron chi connectivity index (χ0n) is 6.23. The molecule has 4 nitrogen and oxygen atoms in total. The monoisotopic (exact) mass is 196 g/mol. The molecule has 11 heavy (non-hydrogen) atoms. The van der Waals surface area contributed by atoms with Crippen LogP contribution in [0.2, 0.25) is 0 Å². The first-order chi connectivity index (χ1) is 5.20. The van der Waals surface area contributed by atoms with Crippen LogP contribution in [0.4, 0.5) is 0 Å². The molecule has 0 fully saturated rings. The second kappa shape index (κ2) is 6.56. The third kappa shape index (κ3) is 6.27. The maximum atomic E-state index is 10.8. The molecule has 0 saturated heterocycles. The Hall–Kier alpha value is -0.140. The summed E-state index contributed by atoms with van der Waals surface area (Å²) in [7, 11) is -2.39. The smallest absolute Gasteiger partial charge is 0.146 e. The van der Waals surface area contributed by atoms with Crippen LogP contribution in [0.1, 0.15) is 0 Å². The van der Waals surface area contributed by atoms with E-state index in [1.165, 1.54) is 13.2 Å². The average Bonchev–Trinajstić information content (AvgIpc) is 2.00. The molecule has 2 unspecified atom stereocenters. The number of hydrogen-bond acceptors (Lipinski definition) is 4. The summed E-state index contributed by atoms with van der Waals surface area (Å²) in [6, 6.07) is 0. The molecular formula is C5H10O4P2+2. The highest BCUT2D eigenvalue weighted by Gasteiger charge is 2.33. The van der Waals surface area contributed by atoms with Crippen LogP contribution in [-0.2, 0) is 18.2 Å². The van der Waals surface area contributed by atoms with Crippen molar-refractivity contribution in [3.63, 3.8) is 0 Å². The van der Waals surface area contributed by atoms with Crippen LogP contribution < -0.4 is 0 Å². The van der Waals surface area contributed by atoms with Gasteiger partial charge in [-0.1, -0.05) is 6.08 Å². The van der Waals surface area contributed by atoms with Gasteiger partial charge in [0.05, 0.1) is 7.11 Å². The van der Waals surface area contributed by atoms with Gasteiger partial charge in [-0.15, -0.1) is 15.6 Å². The van der Waals surface area contributed by atoms with Crippen LogP contribution in [-0.4, -0.2) is 19.6 Å². The summed E-state index contributed by atoms with van der Waals surface area (Å²) in [6.45, 7) is 3.58. The van der Waals surface area contributed by atoms with Crippen LogP contribution >= 0.6 is 16.1 Å². The Bertz CT molecular complexity index is 168. The molecular weight excluding hydrogens is 186 g/mol. The summed E-state index contributed by atoms with van der Waals surface area (Å²) in [4.78, 5) is 0. The van der Waals surface area contributed by atoms with Crippen molar-refractivity contribution in [2.75, 3.05) is 19.6 Å². The van der Waals surface area contributed by atoms with Crippen LogP contribution in [0.25, 0.3) is 0 Å². The van der Waals surface area contributed by atoms with Gasteiger partial charge in [0.25, 0.3) is 0 Å². The minimum absolute atomic E-state index is 0.0466. The van der Waals surface area contributed by atoms with Gasteiger partial charge in [-0.3, -0.25) is 0 Å². The maximum absolute atomic E-state index is 10.8. The first-order valence-corrected chi connectivity index (χ1v) is 5.60. The summed E-state index contributed by atoms with van der Waals surface area (Å²) in [5.74, 6) is -0.0466. The zero-order valence-corrected chi connectivity index (χ0v) is 8.01. The summed E-state index contributed by atoms with van der Waals surface area (Å²) < 4.78 is 30.5. The fourth-order valence-electron chi connectivity index (χ4n) is 0.329. The molecule has 2 atom stereocenters. The SMILES string of the molecule is C=CCO[P+](=O)C[P+](=O)OC. The van der Waals surface area contributed by atoms with Crippen molar-refractivity contribution in [1.82, 2.24) is 0 Å². The van der Waals surface area contributed by atoms with Crippen molar-refractivity contribution in [3.05, 3.63) is 12.7 Å². The first-order valence-electron chi connectivity index (χ1n) is 2.88. The fourth-order valence-corrected chi connectivity index (χ4v) is 2.14. The molecule has 62 valence electrons. The van der Waals surface area contributed by atoms with Crippen molar-refractivity contribution in [1.29, 1.82) is 0 Å². The van der Waals surface area contributed by atoms with Crippen molar-refractivity contribution in [2.24, 2.45) is 0 Å². The Morgan fingerprint density at radius 2 is 2.09 bits per heavy atom. The van der Waals surface area contributed by atoms with E-state index in [9.17, 15) is 9.13 Å². The summed E-state index contributed by atoms with van der Waals surface area (Å²) >= 11 is 0. The third-order valence-corrected chi connectivity index (χ3v) is 3.46. The normalized spacial score (nSPS) is 12.5. The van der Waals surface area contributed by atoms with E-state index in [4.69, 9.17) is 4.52 Å². The third-order valence-electron chi connectivity index (χ3n) is 0.771. The molecule has 0 aromatic rings. The highest BCUT2D eigenvalue weighted by atomic mass is 31.2. The van der Waals surface area contributed by atoms with E-state index in [1.54, 1.807) is 0 Å². The second-order valence-electron chi connectivity index (χ2n) is 1.57. The Morgan fingerprint density at radius 1 is 1.45 bits per heavy atom. The van der Waals surface area contributed by atoms with E-state index in [1.807, 2.05) is 0 Å². The summed E-state index contributed by atoms with van der Waals surface area (Å²) in [6.07, 6.45) is 1.48. The summed E-state index contributed by atoms with van der Waals surface area (Å²) in [5.41, 5.74) is 0. The molecule has 6 heteroatoms. The minimum atomic E-state index is -1.86. The zero-order chi connectivity index (χ0) is 8.69. The number of rotatable bonds is 6.